The maximum atomic E-state index is 12.5. The molecule has 2 aromatic heterocycles. The number of likely N-dealkylation sites (N-methyl/N-ethyl adjacent to an activating group) is 1. The molecule has 0 N–H and O–H groups in total. The van der Waals surface area contributed by atoms with Crippen LogP contribution in [0.15, 0.2) is 52.4 Å². The van der Waals surface area contributed by atoms with Gasteiger partial charge in [-0.3, -0.25) is 9.78 Å². The molecule has 112 valence electrons. The number of pyridine rings is 1. The van der Waals surface area contributed by atoms with Crippen LogP contribution in [0.2, 0.25) is 0 Å². The summed E-state index contributed by atoms with van der Waals surface area (Å²) in [6.07, 6.45) is 2.14. The summed E-state index contributed by atoms with van der Waals surface area (Å²) in [5.41, 5.74) is 1.88. The Hall–Kier alpha value is -1.72. The molecule has 0 saturated heterocycles. The first-order valence-electron chi connectivity index (χ1n) is 6.94. The summed E-state index contributed by atoms with van der Waals surface area (Å²) in [5, 5.41) is 1.07. The van der Waals surface area contributed by atoms with Gasteiger partial charge in [0, 0.05) is 23.5 Å². The molecule has 3 aromatic rings. The number of aromatic nitrogens is 1. The molecule has 0 fully saturated rings. The molecule has 0 spiro atoms. The van der Waals surface area contributed by atoms with Crippen molar-refractivity contribution in [2.24, 2.45) is 0 Å². The Balaban J connectivity index is 1.75. The van der Waals surface area contributed by atoms with Crippen LogP contribution in [0.4, 0.5) is 0 Å². The number of rotatable bonds is 4. The average molecular weight is 375 g/mol. The molecule has 0 bridgehead atoms. The van der Waals surface area contributed by atoms with E-state index in [1.807, 2.05) is 49.5 Å². The molecule has 0 aliphatic carbocycles. The Kier molecular flexibility index (Phi) is 4.55. The zero-order valence-corrected chi connectivity index (χ0v) is 14.5. The van der Waals surface area contributed by atoms with E-state index in [9.17, 15) is 4.79 Å². The van der Waals surface area contributed by atoms with E-state index in [4.69, 9.17) is 0 Å². The smallest absolute Gasteiger partial charge is 0.227 e. The number of fused-ring (bicyclic) bond motifs is 1. The Bertz CT molecular complexity index is 810. The second-order valence-electron chi connectivity index (χ2n) is 5.12. The minimum absolute atomic E-state index is 0.0997. The molecule has 2 heterocycles. The second kappa shape index (κ2) is 6.58. The normalized spacial score (nSPS) is 10.8. The van der Waals surface area contributed by atoms with Gasteiger partial charge >= 0.3 is 0 Å². The maximum absolute atomic E-state index is 12.5. The van der Waals surface area contributed by atoms with Gasteiger partial charge in [0.15, 0.2) is 0 Å². The van der Waals surface area contributed by atoms with Crippen LogP contribution in [0.25, 0.3) is 10.9 Å². The van der Waals surface area contributed by atoms with Gasteiger partial charge in [-0.25, -0.2) is 0 Å². The number of halogens is 1. The SMILES string of the molecule is CN(Cc1ccc(Br)s1)C(=O)Cc1cccc2cccnc12. The molecule has 0 atom stereocenters. The molecular formula is C17H15BrN2OS. The molecule has 1 amide bonds. The summed E-state index contributed by atoms with van der Waals surface area (Å²) in [4.78, 5) is 19.8. The number of hydrogen-bond acceptors (Lipinski definition) is 3. The number of carbonyl (C=O) groups excluding carboxylic acids is 1. The van der Waals surface area contributed by atoms with Crippen LogP contribution in [0.3, 0.4) is 0 Å². The molecule has 5 heteroatoms. The molecular weight excluding hydrogens is 360 g/mol. The molecule has 22 heavy (non-hydrogen) atoms. The lowest BCUT2D eigenvalue weighted by Crippen LogP contribution is -2.27. The first kappa shape index (κ1) is 15.2. The predicted octanol–water partition coefficient (Wildman–Crippen LogP) is 4.26. The van der Waals surface area contributed by atoms with Crippen molar-refractivity contribution in [2.75, 3.05) is 7.05 Å². The highest BCUT2D eigenvalue weighted by Crippen LogP contribution is 2.23. The van der Waals surface area contributed by atoms with Gasteiger partial charge in [-0.2, -0.15) is 0 Å². The fourth-order valence-corrected chi connectivity index (χ4v) is 3.90. The second-order valence-corrected chi connectivity index (χ2v) is 7.67. The Morgan fingerprint density at radius 2 is 2.05 bits per heavy atom. The third-order valence-corrected chi connectivity index (χ3v) is 5.11. The Morgan fingerprint density at radius 1 is 1.23 bits per heavy atom. The number of para-hydroxylation sites is 1. The van der Waals surface area contributed by atoms with E-state index in [0.29, 0.717) is 13.0 Å². The van der Waals surface area contributed by atoms with Crippen molar-refractivity contribution < 1.29 is 4.79 Å². The number of nitrogens with zero attached hydrogens (tertiary/aromatic N) is 2. The molecule has 3 nitrogen and oxygen atoms in total. The average Bonchev–Trinajstić information content (AvgIpc) is 2.92. The molecule has 3 rings (SSSR count). The maximum Gasteiger partial charge on any atom is 0.227 e. The fraction of sp³-hybridized carbons (Fsp3) is 0.176. The van der Waals surface area contributed by atoms with Crippen molar-refractivity contribution in [1.82, 2.24) is 9.88 Å². The first-order chi connectivity index (χ1) is 10.6. The summed E-state index contributed by atoms with van der Waals surface area (Å²) in [7, 11) is 1.84. The van der Waals surface area contributed by atoms with Crippen LogP contribution in [0.5, 0.6) is 0 Å². The molecule has 0 radical (unpaired) electrons. The van der Waals surface area contributed by atoms with Gasteiger partial charge in [-0.1, -0.05) is 24.3 Å². The van der Waals surface area contributed by atoms with Gasteiger partial charge in [0.05, 0.1) is 22.3 Å². The van der Waals surface area contributed by atoms with Crippen LogP contribution < -0.4 is 0 Å². The molecule has 0 saturated carbocycles. The molecule has 0 aliphatic rings. The number of carbonyl (C=O) groups is 1. The zero-order valence-electron chi connectivity index (χ0n) is 12.1. The molecule has 1 aromatic carbocycles. The lowest BCUT2D eigenvalue weighted by atomic mass is 10.1. The number of hydrogen-bond donors (Lipinski definition) is 0. The third-order valence-electron chi connectivity index (χ3n) is 3.51. The van der Waals surface area contributed by atoms with Gasteiger partial charge < -0.3 is 4.90 Å². The highest BCUT2D eigenvalue weighted by Gasteiger charge is 2.13. The van der Waals surface area contributed by atoms with E-state index >= 15 is 0 Å². The van der Waals surface area contributed by atoms with E-state index in [-0.39, 0.29) is 5.91 Å². The van der Waals surface area contributed by atoms with Gasteiger partial charge in [-0.05, 0) is 39.7 Å². The van der Waals surface area contributed by atoms with Crippen molar-refractivity contribution in [3.05, 3.63) is 62.9 Å². The van der Waals surface area contributed by atoms with E-state index < -0.39 is 0 Å². The summed E-state index contributed by atoms with van der Waals surface area (Å²) in [5.74, 6) is 0.0997. The zero-order chi connectivity index (χ0) is 15.5. The first-order valence-corrected chi connectivity index (χ1v) is 8.55. The summed E-state index contributed by atoms with van der Waals surface area (Å²) in [6.45, 7) is 0.632. The quantitative estimate of drug-likeness (QED) is 0.683. The summed E-state index contributed by atoms with van der Waals surface area (Å²) < 4.78 is 1.08. The Labute approximate surface area is 141 Å². The Morgan fingerprint density at radius 3 is 2.82 bits per heavy atom. The lowest BCUT2D eigenvalue weighted by molar-refractivity contribution is -0.129. The minimum atomic E-state index is 0.0997. The van der Waals surface area contributed by atoms with Crippen LogP contribution in [0, 0.1) is 0 Å². The third kappa shape index (κ3) is 3.36. The van der Waals surface area contributed by atoms with Crippen molar-refractivity contribution >= 4 is 44.1 Å². The van der Waals surface area contributed by atoms with Crippen molar-refractivity contribution in [3.8, 4) is 0 Å². The van der Waals surface area contributed by atoms with E-state index in [1.165, 1.54) is 4.88 Å². The lowest BCUT2D eigenvalue weighted by Gasteiger charge is -2.16. The molecule has 0 unspecified atom stereocenters. The van der Waals surface area contributed by atoms with Crippen LogP contribution in [-0.2, 0) is 17.8 Å². The van der Waals surface area contributed by atoms with Crippen molar-refractivity contribution in [3.63, 3.8) is 0 Å². The van der Waals surface area contributed by atoms with Crippen LogP contribution in [0.1, 0.15) is 10.4 Å². The van der Waals surface area contributed by atoms with Crippen molar-refractivity contribution in [2.45, 2.75) is 13.0 Å². The van der Waals surface area contributed by atoms with Gasteiger partial charge in [0.1, 0.15) is 0 Å². The van der Waals surface area contributed by atoms with E-state index in [0.717, 1.165) is 20.3 Å². The fourth-order valence-electron chi connectivity index (χ4n) is 2.37. The monoisotopic (exact) mass is 374 g/mol. The highest BCUT2D eigenvalue weighted by atomic mass is 79.9. The number of thiophene rings is 1. The van der Waals surface area contributed by atoms with Crippen molar-refractivity contribution in [1.29, 1.82) is 0 Å². The number of benzene rings is 1. The van der Waals surface area contributed by atoms with Crippen LogP contribution >= 0.6 is 27.3 Å². The topological polar surface area (TPSA) is 33.2 Å². The standard InChI is InChI=1S/C17H15BrN2OS/c1-20(11-14-7-8-15(18)22-14)16(21)10-13-5-2-4-12-6-3-9-19-17(12)13/h2-9H,10-11H2,1H3. The summed E-state index contributed by atoms with van der Waals surface area (Å²) >= 11 is 5.10. The minimum Gasteiger partial charge on any atom is -0.340 e. The van der Waals surface area contributed by atoms with Gasteiger partial charge in [0.25, 0.3) is 0 Å². The highest BCUT2D eigenvalue weighted by molar-refractivity contribution is 9.11. The van der Waals surface area contributed by atoms with E-state index in [2.05, 4.69) is 20.9 Å². The van der Waals surface area contributed by atoms with Gasteiger partial charge in [0.2, 0.25) is 5.91 Å². The largest absolute Gasteiger partial charge is 0.340 e. The van der Waals surface area contributed by atoms with Crippen LogP contribution in [-0.4, -0.2) is 22.8 Å². The predicted molar refractivity (Wildman–Crippen MR) is 93.9 cm³/mol. The van der Waals surface area contributed by atoms with Gasteiger partial charge in [-0.15, -0.1) is 11.3 Å². The number of amides is 1. The molecule has 0 aliphatic heterocycles. The van der Waals surface area contributed by atoms with E-state index in [1.54, 1.807) is 22.4 Å². The summed E-state index contributed by atoms with van der Waals surface area (Å²) in [6, 6.07) is 13.9.